The van der Waals surface area contributed by atoms with Crippen LogP contribution in [0, 0.1) is 0 Å². The van der Waals surface area contributed by atoms with Gasteiger partial charge in [-0.15, -0.1) is 0 Å². The SMILES string of the molecule is CCCCCCCCCCCCCC[N+](C)(CCBr)CCCCCCCCCCCCCC. The molecule has 0 aromatic rings. The smallest absolute Gasteiger partial charge is 0.0883 e. The standard InChI is InChI=1S/C31H65BrN/c1-4-6-8-10-12-14-16-18-20-22-24-26-29-33(3,31-28-32)30-27-25-23-21-19-17-15-13-11-9-7-5-2/h4-31H2,1-3H3/q+1. The molecule has 0 bridgehead atoms. The first-order valence-corrected chi connectivity index (χ1v) is 16.7. The molecule has 0 fully saturated rings. The van der Waals surface area contributed by atoms with Gasteiger partial charge in [-0.2, -0.15) is 0 Å². The number of quaternary nitrogens is 1. The summed E-state index contributed by atoms with van der Waals surface area (Å²) >= 11 is 3.72. The second kappa shape index (κ2) is 27.0. The van der Waals surface area contributed by atoms with Gasteiger partial charge in [0.1, 0.15) is 0 Å². The molecule has 0 spiro atoms. The van der Waals surface area contributed by atoms with Crippen molar-refractivity contribution in [3.8, 4) is 0 Å². The first-order valence-electron chi connectivity index (χ1n) is 15.6. The van der Waals surface area contributed by atoms with Gasteiger partial charge in [0.2, 0.25) is 0 Å². The summed E-state index contributed by atoms with van der Waals surface area (Å²) in [6.45, 7) is 8.69. The van der Waals surface area contributed by atoms with E-state index in [9.17, 15) is 0 Å². The maximum Gasteiger partial charge on any atom is 0.0883 e. The molecule has 0 rings (SSSR count). The Morgan fingerprint density at radius 2 is 0.606 bits per heavy atom. The molecule has 0 unspecified atom stereocenters. The lowest BCUT2D eigenvalue weighted by molar-refractivity contribution is -0.907. The number of hydrogen-bond acceptors (Lipinski definition) is 0. The average Bonchev–Trinajstić information content (AvgIpc) is 2.81. The summed E-state index contributed by atoms with van der Waals surface area (Å²) in [7, 11) is 2.51. The Hall–Kier alpha value is 0.440. The molecule has 0 heterocycles. The van der Waals surface area contributed by atoms with E-state index < -0.39 is 0 Å². The summed E-state index contributed by atoms with van der Waals surface area (Å²) in [6.07, 6.45) is 34.9. The van der Waals surface area contributed by atoms with Crippen LogP contribution < -0.4 is 0 Å². The third kappa shape index (κ3) is 25.3. The van der Waals surface area contributed by atoms with E-state index in [1.165, 1.54) is 178 Å². The quantitative estimate of drug-likeness (QED) is 0.0535. The van der Waals surface area contributed by atoms with Crippen LogP contribution in [0.4, 0.5) is 0 Å². The van der Waals surface area contributed by atoms with Crippen LogP contribution >= 0.6 is 15.9 Å². The van der Waals surface area contributed by atoms with Gasteiger partial charge in [-0.05, 0) is 25.7 Å². The predicted molar refractivity (Wildman–Crippen MR) is 157 cm³/mol. The number of nitrogens with zero attached hydrogens (tertiary/aromatic N) is 1. The normalized spacial score (nSPS) is 12.0. The summed E-state index contributed by atoms with van der Waals surface area (Å²) in [4.78, 5) is 0. The van der Waals surface area contributed by atoms with Gasteiger partial charge in [0, 0.05) is 0 Å². The van der Waals surface area contributed by atoms with Crippen molar-refractivity contribution in [3.63, 3.8) is 0 Å². The maximum absolute atomic E-state index is 3.72. The minimum Gasteiger partial charge on any atom is -0.325 e. The largest absolute Gasteiger partial charge is 0.325 e. The number of hydrogen-bond donors (Lipinski definition) is 0. The maximum atomic E-state index is 3.72. The van der Waals surface area contributed by atoms with Crippen LogP contribution in [0.5, 0.6) is 0 Å². The molecule has 0 radical (unpaired) electrons. The van der Waals surface area contributed by atoms with E-state index in [0.717, 1.165) is 5.33 Å². The molecule has 0 amide bonds. The van der Waals surface area contributed by atoms with Gasteiger partial charge in [0.15, 0.2) is 0 Å². The highest BCUT2D eigenvalue weighted by Gasteiger charge is 2.19. The lowest BCUT2D eigenvalue weighted by Crippen LogP contribution is -2.46. The number of unbranched alkanes of at least 4 members (excludes halogenated alkanes) is 22. The lowest BCUT2D eigenvalue weighted by atomic mass is 10.0. The minimum atomic E-state index is 1.15. The third-order valence-electron chi connectivity index (χ3n) is 7.73. The molecule has 0 aromatic carbocycles. The van der Waals surface area contributed by atoms with Crippen molar-refractivity contribution in [2.24, 2.45) is 0 Å². The molecule has 0 saturated carbocycles. The van der Waals surface area contributed by atoms with Crippen LogP contribution in [0.15, 0.2) is 0 Å². The molecule has 2 heteroatoms. The topological polar surface area (TPSA) is 0 Å². The highest BCUT2D eigenvalue weighted by Crippen LogP contribution is 2.16. The van der Waals surface area contributed by atoms with Crippen molar-refractivity contribution in [3.05, 3.63) is 0 Å². The highest BCUT2D eigenvalue weighted by atomic mass is 79.9. The van der Waals surface area contributed by atoms with Crippen LogP contribution in [-0.4, -0.2) is 36.5 Å². The van der Waals surface area contributed by atoms with Gasteiger partial charge in [-0.1, -0.05) is 158 Å². The molecule has 1 nitrogen and oxygen atoms in total. The van der Waals surface area contributed by atoms with Crippen LogP contribution in [-0.2, 0) is 0 Å². The van der Waals surface area contributed by atoms with Gasteiger partial charge < -0.3 is 4.48 Å². The Balaban J connectivity index is 3.56. The van der Waals surface area contributed by atoms with Crippen molar-refractivity contribution < 1.29 is 4.48 Å². The van der Waals surface area contributed by atoms with E-state index in [-0.39, 0.29) is 0 Å². The lowest BCUT2D eigenvalue weighted by Gasteiger charge is -2.34. The van der Waals surface area contributed by atoms with Crippen molar-refractivity contribution in [1.29, 1.82) is 0 Å². The molecule has 200 valence electrons. The van der Waals surface area contributed by atoms with Gasteiger partial charge in [-0.3, -0.25) is 0 Å². The Bertz CT molecular complexity index is 329. The molecule has 0 aliphatic carbocycles. The fourth-order valence-corrected chi connectivity index (χ4v) is 6.06. The van der Waals surface area contributed by atoms with Gasteiger partial charge >= 0.3 is 0 Å². The first-order chi connectivity index (χ1) is 16.2. The predicted octanol–water partition coefficient (Wildman–Crippen LogP) is 11.2. The summed E-state index contributed by atoms with van der Waals surface area (Å²) < 4.78 is 1.29. The Morgan fingerprint density at radius 1 is 0.364 bits per heavy atom. The van der Waals surface area contributed by atoms with Crippen LogP contribution in [0.3, 0.4) is 0 Å². The highest BCUT2D eigenvalue weighted by molar-refractivity contribution is 9.09. The summed E-state index contributed by atoms with van der Waals surface area (Å²) in [5.41, 5.74) is 0. The summed E-state index contributed by atoms with van der Waals surface area (Å²) in [5, 5.41) is 1.15. The molecule has 0 aliphatic heterocycles. The Kier molecular flexibility index (Phi) is 27.4. The molecular formula is C31H65BrN+. The Morgan fingerprint density at radius 3 is 0.848 bits per heavy atom. The molecule has 33 heavy (non-hydrogen) atoms. The van der Waals surface area contributed by atoms with Crippen LogP contribution in [0.25, 0.3) is 0 Å². The fraction of sp³-hybridized carbons (Fsp3) is 1.00. The first kappa shape index (κ1) is 33.4. The van der Waals surface area contributed by atoms with Gasteiger partial charge in [-0.25, -0.2) is 0 Å². The van der Waals surface area contributed by atoms with Crippen molar-refractivity contribution >= 4 is 15.9 Å². The average molecular weight is 532 g/mol. The van der Waals surface area contributed by atoms with E-state index >= 15 is 0 Å². The second-order valence-corrected chi connectivity index (χ2v) is 12.1. The van der Waals surface area contributed by atoms with Crippen molar-refractivity contribution in [2.45, 2.75) is 168 Å². The molecule has 0 atom stereocenters. The van der Waals surface area contributed by atoms with Crippen LogP contribution in [0.1, 0.15) is 168 Å². The Labute approximate surface area is 220 Å². The molecule has 0 aliphatic rings. The van der Waals surface area contributed by atoms with Gasteiger partial charge in [0.05, 0.1) is 32.0 Å². The van der Waals surface area contributed by atoms with Gasteiger partial charge in [0.25, 0.3) is 0 Å². The van der Waals surface area contributed by atoms with E-state index in [2.05, 4.69) is 36.8 Å². The molecule has 0 N–H and O–H groups in total. The third-order valence-corrected chi connectivity index (χ3v) is 8.08. The molecular weight excluding hydrogens is 466 g/mol. The van der Waals surface area contributed by atoms with E-state index in [0.29, 0.717) is 0 Å². The zero-order chi connectivity index (χ0) is 24.3. The van der Waals surface area contributed by atoms with Crippen molar-refractivity contribution in [1.82, 2.24) is 0 Å². The second-order valence-electron chi connectivity index (χ2n) is 11.3. The summed E-state index contributed by atoms with van der Waals surface area (Å²) in [6, 6.07) is 0. The zero-order valence-corrected chi connectivity index (χ0v) is 25.2. The van der Waals surface area contributed by atoms with Crippen molar-refractivity contribution in [2.75, 3.05) is 32.0 Å². The van der Waals surface area contributed by atoms with E-state index in [1.807, 2.05) is 0 Å². The fourth-order valence-electron chi connectivity index (χ4n) is 5.21. The number of rotatable bonds is 28. The minimum absolute atomic E-state index is 1.15. The molecule has 0 aromatic heterocycles. The van der Waals surface area contributed by atoms with E-state index in [4.69, 9.17) is 0 Å². The number of alkyl halides is 1. The van der Waals surface area contributed by atoms with Crippen LogP contribution in [0.2, 0.25) is 0 Å². The zero-order valence-electron chi connectivity index (χ0n) is 23.6. The van der Waals surface area contributed by atoms with E-state index in [1.54, 1.807) is 0 Å². The summed E-state index contributed by atoms with van der Waals surface area (Å²) in [5.74, 6) is 0. The molecule has 0 saturated heterocycles. The number of halogens is 1. The monoisotopic (exact) mass is 530 g/mol.